The van der Waals surface area contributed by atoms with E-state index in [1.54, 1.807) is 0 Å². The molecule has 0 saturated heterocycles. The topological polar surface area (TPSA) is 43.1 Å². The summed E-state index contributed by atoms with van der Waals surface area (Å²) in [6.07, 6.45) is 1.05. The van der Waals surface area contributed by atoms with Gasteiger partial charge in [-0.3, -0.25) is 9.78 Å². The third kappa shape index (κ3) is 2.93. The maximum absolute atomic E-state index is 12.3. The lowest BCUT2D eigenvalue weighted by Crippen LogP contribution is -2.05. The number of benzene rings is 1. The zero-order valence-electron chi connectivity index (χ0n) is 13.1. The summed E-state index contributed by atoms with van der Waals surface area (Å²) in [6.45, 7) is 5.87. The van der Waals surface area contributed by atoms with E-state index in [1.807, 2.05) is 44.2 Å². The number of aromatic nitrogens is 1. The van der Waals surface area contributed by atoms with Crippen molar-refractivity contribution in [2.75, 3.05) is 0 Å². The fourth-order valence-electron chi connectivity index (χ4n) is 2.69. The second kappa shape index (κ2) is 5.76. The summed E-state index contributed by atoms with van der Waals surface area (Å²) in [7, 11) is 0. The predicted molar refractivity (Wildman–Crippen MR) is 87.3 cm³/mol. The van der Waals surface area contributed by atoms with Crippen LogP contribution in [-0.4, -0.2) is 10.8 Å². The molecule has 0 spiro atoms. The molecule has 0 amide bonds. The Kier molecular flexibility index (Phi) is 3.80. The monoisotopic (exact) mass is 293 g/mol. The van der Waals surface area contributed by atoms with E-state index >= 15 is 0 Å². The number of furan rings is 1. The van der Waals surface area contributed by atoms with Gasteiger partial charge in [0.05, 0.1) is 0 Å². The molecule has 0 saturated carbocycles. The fourth-order valence-corrected chi connectivity index (χ4v) is 2.69. The van der Waals surface area contributed by atoms with Gasteiger partial charge >= 0.3 is 0 Å². The van der Waals surface area contributed by atoms with Gasteiger partial charge in [-0.05, 0) is 51.1 Å². The van der Waals surface area contributed by atoms with Gasteiger partial charge in [0, 0.05) is 35.2 Å². The van der Waals surface area contributed by atoms with Gasteiger partial charge in [0.25, 0.3) is 0 Å². The molecule has 3 heteroatoms. The Morgan fingerprint density at radius 2 is 1.91 bits per heavy atom. The highest BCUT2D eigenvalue weighted by Crippen LogP contribution is 2.22. The van der Waals surface area contributed by atoms with E-state index in [0.29, 0.717) is 18.4 Å². The second-order valence-corrected chi connectivity index (χ2v) is 5.76. The largest absolute Gasteiger partial charge is 0.461 e. The molecular formula is C19H19NO2. The lowest BCUT2D eigenvalue weighted by molar-refractivity contribution is 0.0980. The Morgan fingerprint density at radius 3 is 2.68 bits per heavy atom. The van der Waals surface area contributed by atoms with Crippen LogP contribution in [0.5, 0.6) is 0 Å². The van der Waals surface area contributed by atoms with Gasteiger partial charge in [-0.1, -0.05) is 11.6 Å². The first kappa shape index (κ1) is 14.5. The molecule has 22 heavy (non-hydrogen) atoms. The number of Topliss-reactive ketones (excluding diaryl/α,β-unsaturated/α-hetero) is 1. The van der Waals surface area contributed by atoms with Crippen molar-refractivity contribution in [2.24, 2.45) is 0 Å². The number of hydrogen-bond acceptors (Lipinski definition) is 3. The summed E-state index contributed by atoms with van der Waals surface area (Å²) in [5.74, 6) is 0.966. The first-order valence-corrected chi connectivity index (χ1v) is 7.49. The Hall–Kier alpha value is -2.42. The molecule has 3 rings (SSSR count). The molecule has 0 atom stereocenters. The van der Waals surface area contributed by atoms with Gasteiger partial charge in [-0.15, -0.1) is 0 Å². The van der Waals surface area contributed by atoms with Gasteiger partial charge in [-0.25, -0.2) is 0 Å². The van der Waals surface area contributed by atoms with Crippen LogP contribution in [0.3, 0.4) is 0 Å². The lowest BCUT2D eigenvalue weighted by Gasteiger charge is -2.04. The zero-order valence-corrected chi connectivity index (χ0v) is 13.1. The SMILES string of the molecule is Cc1ccc2oc(CCC(=O)c3ccc(C)nc3C)cc2c1. The van der Waals surface area contributed by atoms with Crippen LogP contribution in [0.4, 0.5) is 0 Å². The summed E-state index contributed by atoms with van der Waals surface area (Å²) in [6, 6.07) is 11.9. The van der Waals surface area contributed by atoms with Crippen LogP contribution < -0.4 is 0 Å². The summed E-state index contributed by atoms with van der Waals surface area (Å²) in [5.41, 5.74) is 4.52. The minimum Gasteiger partial charge on any atom is -0.461 e. The number of fused-ring (bicyclic) bond motifs is 1. The third-order valence-corrected chi connectivity index (χ3v) is 3.85. The van der Waals surface area contributed by atoms with Crippen LogP contribution in [0, 0.1) is 20.8 Å². The normalized spacial score (nSPS) is 11.0. The van der Waals surface area contributed by atoms with Gasteiger partial charge in [0.1, 0.15) is 11.3 Å². The molecule has 2 heterocycles. The molecule has 0 bridgehead atoms. The minimum absolute atomic E-state index is 0.113. The Morgan fingerprint density at radius 1 is 1.09 bits per heavy atom. The molecule has 0 fully saturated rings. The van der Waals surface area contributed by atoms with Gasteiger partial charge < -0.3 is 4.42 Å². The molecule has 0 radical (unpaired) electrons. The standard InChI is InChI=1S/C19H19NO2/c1-12-4-9-19-15(10-12)11-16(22-19)6-8-18(21)17-7-5-13(2)20-14(17)3/h4-5,7,9-11H,6,8H2,1-3H3. The van der Waals surface area contributed by atoms with Gasteiger partial charge in [0.2, 0.25) is 0 Å². The summed E-state index contributed by atoms with van der Waals surface area (Å²) in [5, 5.41) is 1.09. The van der Waals surface area contributed by atoms with E-state index in [-0.39, 0.29) is 5.78 Å². The quantitative estimate of drug-likeness (QED) is 0.662. The van der Waals surface area contributed by atoms with Crippen molar-refractivity contribution in [3.8, 4) is 0 Å². The Balaban J connectivity index is 1.74. The molecule has 112 valence electrons. The number of nitrogens with zero attached hydrogens (tertiary/aromatic N) is 1. The molecular weight excluding hydrogens is 274 g/mol. The van der Waals surface area contributed by atoms with Gasteiger partial charge in [-0.2, -0.15) is 0 Å². The first-order valence-electron chi connectivity index (χ1n) is 7.49. The van der Waals surface area contributed by atoms with E-state index in [1.165, 1.54) is 5.56 Å². The van der Waals surface area contributed by atoms with Crippen molar-refractivity contribution in [2.45, 2.75) is 33.6 Å². The maximum atomic E-state index is 12.3. The summed E-state index contributed by atoms with van der Waals surface area (Å²) in [4.78, 5) is 16.7. The number of pyridine rings is 1. The van der Waals surface area contributed by atoms with Crippen LogP contribution >= 0.6 is 0 Å². The van der Waals surface area contributed by atoms with Crippen molar-refractivity contribution >= 4 is 16.8 Å². The number of aryl methyl sites for hydroxylation is 4. The van der Waals surface area contributed by atoms with Crippen LogP contribution in [-0.2, 0) is 6.42 Å². The molecule has 0 aliphatic carbocycles. The van der Waals surface area contributed by atoms with Gasteiger partial charge in [0.15, 0.2) is 5.78 Å². The molecule has 3 nitrogen and oxygen atoms in total. The molecule has 1 aromatic carbocycles. The van der Waals surface area contributed by atoms with E-state index < -0.39 is 0 Å². The van der Waals surface area contributed by atoms with Crippen molar-refractivity contribution in [1.29, 1.82) is 0 Å². The Bertz CT molecular complexity index is 846. The van der Waals surface area contributed by atoms with Crippen LogP contribution in [0.25, 0.3) is 11.0 Å². The van der Waals surface area contributed by atoms with Crippen molar-refractivity contribution in [3.05, 3.63) is 64.7 Å². The number of hydrogen-bond donors (Lipinski definition) is 0. The molecule has 0 aliphatic rings. The highest BCUT2D eigenvalue weighted by Gasteiger charge is 2.12. The number of carbonyl (C=O) groups is 1. The summed E-state index contributed by atoms with van der Waals surface area (Å²) >= 11 is 0. The minimum atomic E-state index is 0.113. The van der Waals surface area contributed by atoms with Crippen LogP contribution in [0.1, 0.15) is 39.5 Å². The van der Waals surface area contributed by atoms with E-state index in [4.69, 9.17) is 4.42 Å². The fraction of sp³-hybridized carbons (Fsp3) is 0.263. The van der Waals surface area contributed by atoms with Crippen LogP contribution in [0.2, 0.25) is 0 Å². The van der Waals surface area contributed by atoms with Crippen molar-refractivity contribution < 1.29 is 9.21 Å². The maximum Gasteiger partial charge on any atom is 0.165 e. The predicted octanol–water partition coefficient (Wildman–Crippen LogP) is 4.57. The number of ketones is 1. The number of rotatable bonds is 4. The lowest BCUT2D eigenvalue weighted by atomic mass is 10.0. The second-order valence-electron chi connectivity index (χ2n) is 5.76. The highest BCUT2D eigenvalue weighted by atomic mass is 16.3. The van der Waals surface area contributed by atoms with Crippen molar-refractivity contribution in [1.82, 2.24) is 4.98 Å². The van der Waals surface area contributed by atoms with E-state index in [9.17, 15) is 4.79 Å². The first-order chi connectivity index (χ1) is 10.5. The average molecular weight is 293 g/mol. The third-order valence-electron chi connectivity index (χ3n) is 3.85. The molecule has 0 unspecified atom stereocenters. The Labute approximate surface area is 130 Å². The van der Waals surface area contributed by atoms with Crippen LogP contribution in [0.15, 0.2) is 40.8 Å². The smallest absolute Gasteiger partial charge is 0.165 e. The van der Waals surface area contributed by atoms with E-state index in [0.717, 1.165) is 28.1 Å². The van der Waals surface area contributed by atoms with Crippen molar-refractivity contribution in [3.63, 3.8) is 0 Å². The molecule has 2 aromatic heterocycles. The highest BCUT2D eigenvalue weighted by molar-refractivity contribution is 5.97. The molecule has 0 N–H and O–H groups in total. The number of carbonyl (C=O) groups excluding carboxylic acids is 1. The molecule has 0 aliphatic heterocycles. The molecule has 3 aromatic rings. The average Bonchev–Trinajstić information content (AvgIpc) is 2.86. The summed E-state index contributed by atoms with van der Waals surface area (Å²) < 4.78 is 5.79. The zero-order chi connectivity index (χ0) is 15.7. The van der Waals surface area contributed by atoms with E-state index in [2.05, 4.69) is 18.0 Å².